The molecular formula is C35H36ClFN6O4. The van der Waals surface area contributed by atoms with Crippen LogP contribution >= 0.6 is 11.6 Å². The van der Waals surface area contributed by atoms with Crippen molar-refractivity contribution < 1.29 is 23.5 Å². The van der Waals surface area contributed by atoms with Crippen molar-refractivity contribution >= 4 is 45.5 Å². The minimum absolute atomic E-state index is 0.0113. The zero-order valence-corrected chi connectivity index (χ0v) is 27.3. The van der Waals surface area contributed by atoms with Crippen LogP contribution in [0, 0.1) is 5.92 Å². The zero-order chi connectivity index (χ0) is 33.0. The first-order valence-electron chi connectivity index (χ1n) is 15.7. The van der Waals surface area contributed by atoms with E-state index in [4.69, 9.17) is 36.8 Å². The highest BCUT2D eigenvalue weighted by Gasteiger charge is 2.31. The van der Waals surface area contributed by atoms with Gasteiger partial charge in [0, 0.05) is 42.7 Å². The number of piperidine rings is 1. The van der Waals surface area contributed by atoms with E-state index in [0.717, 1.165) is 47.2 Å². The van der Waals surface area contributed by atoms with E-state index in [1.54, 1.807) is 19.2 Å². The Balaban J connectivity index is 1.32. The van der Waals surface area contributed by atoms with Crippen molar-refractivity contribution in [3.05, 3.63) is 64.7 Å². The number of fused-ring (bicyclic) bond motifs is 2. The number of methoxy groups -OCH3 is 2. The average molecular weight is 659 g/mol. The molecule has 1 saturated heterocycles. The van der Waals surface area contributed by atoms with Crippen molar-refractivity contribution in [2.75, 3.05) is 27.3 Å². The standard InChI is InChI=1S/C35H36ClFN6O4/c1-41-32-27(11-22(13-29(32)46-2)35(45)42-17-23(37)15-24(38)18-42)40-34(41)28-12-21-9-10-26(39-33(21)43(28)16-19-7-8-19)25-6-4-5-20(31(25)36)14-30(44)47-3/h4-6,9-13,19,23-24H,7-8,14-18,38H2,1-3H3/t23-,24-/m1/s1. The molecule has 2 N–H and O–H groups in total. The summed E-state index contributed by atoms with van der Waals surface area (Å²) >= 11 is 6.79. The lowest BCUT2D eigenvalue weighted by Crippen LogP contribution is -2.50. The molecule has 1 aliphatic heterocycles. The van der Waals surface area contributed by atoms with Crippen molar-refractivity contribution in [3.63, 3.8) is 0 Å². The van der Waals surface area contributed by atoms with Gasteiger partial charge < -0.3 is 29.2 Å². The molecule has 244 valence electrons. The van der Waals surface area contributed by atoms with Gasteiger partial charge in [0.05, 0.1) is 49.1 Å². The summed E-state index contributed by atoms with van der Waals surface area (Å²) in [5.41, 5.74) is 11.5. The van der Waals surface area contributed by atoms with Crippen LogP contribution < -0.4 is 10.5 Å². The first-order valence-corrected chi connectivity index (χ1v) is 16.1. The smallest absolute Gasteiger partial charge is 0.310 e. The fourth-order valence-corrected chi connectivity index (χ4v) is 6.88. The molecule has 2 atom stereocenters. The SMILES string of the molecule is COC(=O)Cc1cccc(-c2ccc3cc(-c4nc5cc(C(=O)N6C[C@H](N)C[C@@H](F)C6)cc(OC)c5n4C)n(CC4CC4)c3n2)c1Cl. The minimum atomic E-state index is -1.16. The quantitative estimate of drug-likeness (QED) is 0.217. The van der Waals surface area contributed by atoms with Crippen molar-refractivity contribution in [2.45, 2.75) is 44.4 Å². The highest BCUT2D eigenvalue weighted by atomic mass is 35.5. The monoisotopic (exact) mass is 658 g/mol. The van der Waals surface area contributed by atoms with E-state index >= 15 is 0 Å². The third kappa shape index (κ3) is 5.82. The van der Waals surface area contributed by atoms with Gasteiger partial charge in [0.2, 0.25) is 0 Å². The number of likely N-dealkylation sites (tertiary alicyclic amines) is 1. The van der Waals surface area contributed by atoms with E-state index in [0.29, 0.717) is 51.4 Å². The number of carbonyl (C=O) groups is 2. The largest absolute Gasteiger partial charge is 0.494 e. The van der Waals surface area contributed by atoms with Crippen LogP contribution in [0.3, 0.4) is 0 Å². The molecule has 0 unspecified atom stereocenters. The summed E-state index contributed by atoms with van der Waals surface area (Å²) in [4.78, 5) is 37.1. The maximum Gasteiger partial charge on any atom is 0.310 e. The highest BCUT2D eigenvalue weighted by Crippen LogP contribution is 2.39. The number of hydrogen-bond donors (Lipinski definition) is 1. The van der Waals surface area contributed by atoms with Gasteiger partial charge >= 0.3 is 5.97 Å². The van der Waals surface area contributed by atoms with Crippen molar-refractivity contribution in [1.29, 1.82) is 0 Å². The molecule has 2 aliphatic rings. The summed E-state index contributed by atoms with van der Waals surface area (Å²) in [7, 11) is 4.84. The molecule has 4 heterocycles. The first kappa shape index (κ1) is 31.1. The van der Waals surface area contributed by atoms with Gasteiger partial charge in [0.1, 0.15) is 23.1 Å². The first-order chi connectivity index (χ1) is 22.6. The number of nitrogens with zero attached hydrogens (tertiary/aromatic N) is 5. The summed E-state index contributed by atoms with van der Waals surface area (Å²) in [5, 5.41) is 1.41. The third-order valence-electron chi connectivity index (χ3n) is 9.15. The van der Waals surface area contributed by atoms with Gasteiger partial charge in [-0.1, -0.05) is 29.8 Å². The molecule has 7 rings (SSSR count). The van der Waals surface area contributed by atoms with E-state index in [1.807, 2.05) is 41.9 Å². The Bertz CT molecular complexity index is 2030. The fourth-order valence-electron chi connectivity index (χ4n) is 6.59. The van der Waals surface area contributed by atoms with Crippen LogP contribution in [0.25, 0.3) is 44.8 Å². The van der Waals surface area contributed by atoms with E-state index < -0.39 is 12.2 Å². The molecule has 5 aromatic rings. The topological polar surface area (TPSA) is 118 Å². The van der Waals surface area contributed by atoms with Crippen LogP contribution in [0.5, 0.6) is 5.75 Å². The number of alkyl halides is 1. The maximum absolute atomic E-state index is 14.3. The molecular weight excluding hydrogens is 623 g/mol. The number of rotatable bonds is 8. The van der Waals surface area contributed by atoms with Gasteiger partial charge in [-0.25, -0.2) is 14.4 Å². The van der Waals surface area contributed by atoms with Crippen LogP contribution in [0.1, 0.15) is 35.2 Å². The van der Waals surface area contributed by atoms with Crippen LogP contribution in [0.2, 0.25) is 5.02 Å². The molecule has 2 fully saturated rings. The number of amides is 1. The number of aryl methyl sites for hydroxylation is 1. The number of aromatic nitrogens is 4. The molecule has 1 saturated carbocycles. The normalized spacial score (nSPS) is 18.2. The molecule has 47 heavy (non-hydrogen) atoms. The molecule has 1 amide bonds. The van der Waals surface area contributed by atoms with Gasteiger partial charge in [0.25, 0.3) is 5.91 Å². The molecule has 10 nitrogen and oxygen atoms in total. The van der Waals surface area contributed by atoms with Gasteiger partial charge in [-0.15, -0.1) is 0 Å². The maximum atomic E-state index is 14.3. The molecule has 0 radical (unpaired) electrons. The lowest BCUT2D eigenvalue weighted by atomic mass is 10.0. The lowest BCUT2D eigenvalue weighted by molar-refractivity contribution is -0.139. The third-order valence-corrected chi connectivity index (χ3v) is 9.59. The van der Waals surface area contributed by atoms with Crippen LogP contribution in [0.4, 0.5) is 4.39 Å². The second-order valence-corrected chi connectivity index (χ2v) is 12.9. The Morgan fingerprint density at radius 2 is 1.89 bits per heavy atom. The number of halogens is 2. The molecule has 3 aromatic heterocycles. The number of benzene rings is 2. The Hall–Kier alpha value is -4.48. The summed E-state index contributed by atoms with van der Waals surface area (Å²) in [6.07, 6.45) is 1.44. The van der Waals surface area contributed by atoms with Crippen molar-refractivity contribution in [3.8, 4) is 28.5 Å². The summed E-state index contributed by atoms with van der Waals surface area (Å²) < 4.78 is 29.1. The summed E-state index contributed by atoms with van der Waals surface area (Å²) in [5.74, 6) is 1.06. The molecule has 2 aromatic carbocycles. The Morgan fingerprint density at radius 1 is 1.09 bits per heavy atom. The van der Waals surface area contributed by atoms with E-state index in [1.165, 1.54) is 12.0 Å². The second-order valence-electron chi connectivity index (χ2n) is 12.6. The lowest BCUT2D eigenvalue weighted by Gasteiger charge is -2.33. The number of hydrogen-bond acceptors (Lipinski definition) is 7. The van der Waals surface area contributed by atoms with Crippen molar-refractivity contribution in [1.82, 2.24) is 24.0 Å². The number of imidazole rings is 1. The van der Waals surface area contributed by atoms with Crippen LogP contribution in [-0.2, 0) is 29.5 Å². The minimum Gasteiger partial charge on any atom is -0.494 e. The zero-order valence-electron chi connectivity index (χ0n) is 26.5. The van der Waals surface area contributed by atoms with Gasteiger partial charge in [-0.05, 0) is 61.1 Å². The fraction of sp³-hybridized carbons (Fsp3) is 0.371. The molecule has 0 spiro atoms. The summed E-state index contributed by atoms with van der Waals surface area (Å²) in [6, 6.07) is 14.6. The van der Waals surface area contributed by atoms with E-state index in [2.05, 4.69) is 10.6 Å². The van der Waals surface area contributed by atoms with Crippen molar-refractivity contribution in [2.24, 2.45) is 18.7 Å². The predicted molar refractivity (Wildman–Crippen MR) is 178 cm³/mol. The average Bonchev–Trinajstić information content (AvgIpc) is 3.73. The second kappa shape index (κ2) is 12.3. The number of pyridine rings is 1. The Morgan fingerprint density at radius 3 is 2.62 bits per heavy atom. The number of nitrogens with two attached hydrogens (primary N) is 1. The number of carbonyl (C=O) groups excluding carboxylic acids is 2. The van der Waals surface area contributed by atoms with Gasteiger partial charge in [0.15, 0.2) is 5.82 Å². The van der Waals surface area contributed by atoms with Crippen LogP contribution in [0.15, 0.2) is 48.5 Å². The predicted octanol–water partition coefficient (Wildman–Crippen LogP) is 5.56. The number of esters is 1. The van der Waals surface area contributed by atoms with E-state index in [9.17, 15) is 14.0 Å². The molecule has 0 bridgehead atoms. The van der Waals surface area contributed by atoms with E-state index in [-0.39, 0.29) is 31.3 Å². The molecule has 1 aliphatic carbocycles. The van der Waals surface area contributed by atoms with Gasteiger partial charge in [-0.2, -0.15) is 0 Å². The molecule has 12 heteroatoms. The Labute approximate surface area is 276 Å². The Kier molecular flexibility index (Phi) is 8.13. The summed E-state index contributed by atoms with van der Waals surface area (Å²) in [6.45, 7) is 1.08. The highest BCUT2D eigenvalue weighted by molar-refractivity contribution is 6.34. The van der Waals surface area contributed by atoms with Gasteiger partial charge in [-0.3, -0.25) is 9.59 Å². The van der Waals surface area contributed by atoms with Crippen LogP contribution in [-0.4, -0.2) is 75.4 Å². The number of ether oxygens (including phenoxy) is 2.